The summed E-state index contributed by atoms with van der Waals surface area (Å²) in [5.74, 6) is -0.0946. The van der Waals surface area contributed by atoms with Crippen molar-refractivity contribution in [3.8, 4) is 0 Å². The van der Waals surface area contributed by atoms with Gasteiger partial charge in [-0.3, -0.25) is 4.79 Å². The molecule has 1 amide bonds. The molecule has 0 spiro atoms. The van der Waals surface area contributed by atoms with Crippen LogP contribution in [0, 0.1) is 0 Å². The Morgan fingerprint density at radius 1 is 1.57 bits per heavy atom. The summed E-state index contributed by atoms with van der Waals surface area (Å²) in [5.41, 5.74) is 6.64. The number of pyridine rings is 1. The van der Waals surface area contributed by atoms with Gasteiger partial charge in [0.1, 0.15) is 5.69 Å². The van der Waals surface area contributed by atoms with Gasteiger partial charge in [0.15, 0.2) is 0 Å². The van der Waals surface area contributed by atoms with Crippen molar-refractivity contribution in [1.29, 1.82) is 0 Å². The van der Waals surface area contributed by atoms with Gasteiger partial charge < -0.3 is 11.1 Å². The van der Waals surface area contributed by atoms with E-state index in [1.54, 1.807) is 12.1 Å². The summed E-state index contributed by atoms with van der Waals surface area (Å²) in [6, 6.07) is 5.69. The van der Waals surface area contributed by atoms with E-state index in [4.69, 9.17) is 5.73 Å². The SMILES string of the molecule is NCc1cccc(C(=O)NC2CC2)n1. The summed E-state index contributed by atoms with van der Waals surface area (Å²) in [6.45, 7) is 0.366. The molecule has 2 rings (SSSR count). The van der Waals surface area contributed by atoms with Crippen molar-refractivity contribution in [2.45, 2.75) is 25.4 Å². The Labute approximate surface area is 82.5 Å². The average Bonchev–Trinajstić information content (AvgIpc) is 3.02. The Bertz CT molecular complexity index is 347. The maximum Gasteiger partial charge on any atom is 0.270 e. The van der Waals surface area contributed by atoms with Crippen LogP contribution in [-0.4, -0.2) is 16.9 Å². The first-order valence-corrected chi connectivity index (χ1v) is 4.76. The van der Waals surface area contributed by atoms with Crippen LogP contribution in [0.2, 0.25) is 0 Å². The van der Waals surface area contributed by atoms with E-state index in [1.165, 1.54) is 0 Å². The molecule has 0 aromatic carbocycles. The minimum atomic E-state index is -0.0946. The molecule has 0 bridgehead atoms. The number of aromatic nitrogens is 1. The van der Waals surface area contributed by atoms with Gasteiger partial charge in [0.05, 0.1) is 5.69 Å². The number of nitrogens with one attached hydrogen (secondary N) is 1. The largest absolute Gasteiger partial charge is 0.348 e. The highest BCUT2D eigenvalue weighted by Gasteiger charge is 2.24. The van der Waals surface area contributed by atoms with Crippen molar-refractivity contribution >= 4 is 5.91 Å². The predicted octanol–water partition coefficient (Wildman–Crippen LogP) is 0.432. The van der Waals surface area contributed by atoms with Crippen molar-refractivity contribution in [1.82, 2.24) is 10.3 Å². The van der Waals surface area contributed by atoms with E-state index in [-0.39, 0.29) is 5.91 Å². The van der Waals surface area contributed by atoms with E-state index in [0.717, 1.165) is 18.5 Å². The standard InChI is InChI=1S/C10H13N3O/c11-6-8-2-1-3-9(12-8)10(14)13-7-4-5-7/h1-3,7H,4-6,11H2,(H,13,14). The molecule has 0 unspecified atom stereocenters. The van der Waals surface area contributed by atoms with Crippen LogP contribution in [0.5, 0.6) is 0 Å². The van der Waals surface area contributed by atoms with Crippen LogP contribution in [0.4, 0.5) is 0 Å². The quantitative estimate of drug-likeness (QED) is 0.728. The lowest BCUT2D eigenvalue weighted by Crippen LogP contribution is -2.26. The van der Waals surface area contributed by atoms with E-state index in [9.17, 15) is 4.79 Å². The number of nitrogens with two attached hydrogens (primary N) is 1. The van der Waals surface area contributed by atoms with Crippen molar-refractivity contribution in [2.24, 2.45) is 5.73 Å². The van der Waals surface area contributed by atoms with Crippen LogP contribution in [0.3, 0.4) is 0 Å². The molecular weight excluding hydrogens is 178 g/mol. The van der Waals surface area contributed by atoms with Gasteiger partial charge >= 0.3 is 0 Å². The summed E-state index contributed by atoms with van der Waals surface area (Å²) in [6.07, 6.45) is 2.17. The van der Waals surface area contributed by atoms with Crippen molar-refractivity contribution in [3.05, 3.63) is 29.6 Å². The topological polar surface area (TPSA) is 68.0 Å². The highest BCUT2D eigenvalue weighted by atomic mass is 16.2. The number of hydrogen-bond acceptors (Lipinski definition) is 3. The van der Waals surface area contributed by atoms with Crippen molar-refractivity contribution < 1.29 is 4.79 Å². The zero-order valence-electron chi connectivity index (χ0n) is 7.86. The third-order valence-electron chi connectivity index (χ3n) is 2.16. The Hall–Kier alpha value is -1.42. The van der Waals surface area contributed by atoms with E-state index in [0.29, 0.717) is 18.3 Å². The number of amides is 1. The van der Waals surface area contributed by atoms with Gasteiger partial charge in [-0.05, 0) is 25.0 Å². The van der Waals surface area contributed by atoms with Crippen LogP contribution in [0.1, 0.15) is 29.0 Å². The molecule has 4 heteroatoms. The second-order valence-electron chi connectivity index (χ2n) is 3.47. The van der Waals surface area contributed by atoms with Crippen LogP contribution in [-0.2, 0) is 6.54 Å². The monoisotopic (exact) mass is 191 g/mol. The Morgan fingerprint density at radius 2 is 2.36 bits per heavy atom. The highest BCUT2D eigenvalue weighted by Crippen LogP contribution is 2.19. The summed E-state index contributed by atoms with van der Waals surface area (Å²) >= 11 is 0. The predicted molar refractivity (Wildman–Crippen MR) is 52.6 cm³/mol. The molecule has 1 fully saturated rings. The first-order valence-electron chi connectivity index (χ1n) is 4.76. The number of carbonyl (C=O) groups is 1. The number of rotatable bonds is 3. The fourth-order valence-corrected chi connectivity index (χ4v) is 1.21. The van der Waals surface area contributed by atoms with Crippen LogP contribution >= 0.6 is 0 Å². The zero-order chi connectivity index (χ0) is 9.97. The lowest BCUT2D eigenvalue weighted by atomic mass is 10.3. The minimum absolute atomic E-state index is 0.0946. The molecule has 1 aliphatic carbocycles. The van der Waals surface area contributed by atoms with Gasteiger partial charge in [-0.2, -0.15) is 0 Å². The van der Waals surface area contributed by atoms with Gasteiger partial charge in [-0.15, -0.1) is 0 Å². The zero-order valence-corrected chi connectivity index (χ0v) is 7.86. The van der Waals surface area contributed by atoms with Crippen molar-refractivity contribution in [3.63, 3.8) is 0 Å². The van der Waals surface area contributed by atoms with Gasteiger partial charge in [-0.1, -0.05) is 6.07 Å². The number of nitrogens with zero attached hydrogens (tertiary/aromatic N) is 1. The van der Waals surface area contributed by atoms with Gasteiger partial charge in [0.2, 0.25) is 0 Å². The Kier molecular flexibility index (Phi) is 2.45. The molecule has 1 aliphatic rings. The first-order chi connectivity index (χ1) is 6.79. The summed E-state index contributed by atoms with van der Waals surface area (Å²) < 4.78 is 0. The molecule has 1 saturated carbocycles. The van der Waals surface area contributed by atoms with E-state index >= 15 is 0 Å². The van der Waals surface area contributed by atoms with E-state index in [2.05, 4.69) is 10.3 Å². The van der Waals surface area contributed by atoms with Crippen LogP contribution < -0.4 is 11.1 Å². The summed E-state index contributed by atoms with van der Waals surface area (Å²) in [5, 5.41) is 2.88. The van der Waals surface area contributed by atoms with E-state index in [1.807, 2.05) is 6.07 Å². The van der Waals surface area contributed by atoms with Gasteiger partial charge in [-0.25, -0.2) is 4.98 Å². The average molecular weight is 191 g/mol. The molecule has 0 aliphatic heterocycles. The molecule has 1 aromatic heterocycles. The second kappa shape index (κ2) is 3.75. The maximum absolute atomic E-state index is 11.5. The van der Waals surface area contributed by atoms with Crippen LogP contribution in [0.15, 0.2) is 18.2 Å². The Balaban J connectivity index is 2.09. The lowest BCUT2D eigenvalue weighted by Gasteiger charge is -2.03. The molecule has 1 aromatic rings. The summed E-state index contributed by atoms with van der Waals surface area (Å²) in [7, 11) is 0. The third kappa shape index (κ3) is 2.09. The minimum Gasteiger partial charge on any atom is -0.348 e. The van der Waals surface area contributed by atoms with Crippen molar-refractivity contribution in [2.75, 3.05) is 0 Å². The van der Waals surface area contributed by atoms with E-state index < -0.39 is 0 Å². The fraction of sp³-hybridized carbons (Fsp3) is 0.400. The van der Waals surface area contributed by atoms with Crippen LogP contribution in [0.25, 0.3) is 0 Å². The number of carbonyl (C=O) groups excluding carboxylic acids is 1. The molecule has 1 heterocycles. The maximum atomic E-state index is 11.5. The molecule has 0 radical (unpaired) electrons. The molecule has 74 valence electrons. The van der Waals surface area contributed by atoms with Gasteiger partial charge in [0.25, 0.3) is 5.91 Å². The molecule has 3 N–H and O–H groups in total. The number of hydrogen-bond donors (Lipinski definition) is 2. The normalized spacial score (nSPS) is 15.2. The summed E-state index contributed by atoms with van der Waals surface area (Å²) in [4.78, 5) is 15.7. The molecule has 0 atom stereocenters. The fourth-order valence-electron chi connectivity index (χ4n) is 1.21. The second-order valence-corrected chi connectivity index (χ2v) is 3.47. The van der Waals surface area contributed by atoms with Gasteiger partial charge in [0, 0.05) is 12.6 Å². The molecular formula is C10H13N3O. The highest BCUT2D eigenvalue weighted by molar-refractivity contribution is 5.92. The molecule has 0 saturated heterocycles. The first kappa shape index (κ1) is 9.15. The molecule has 4 nitrogen and oxygen atoms in total. The smallest absolute Gasteiger partial charge is 0.270 e. The lowest BCUT2D eigenvalue weighted by molar-refractivity contribution is 0.0946. The molecule has 14 heavy (non-hydrogen) atoms. The Morgan fingerprint density at radius 3 is 3.00 bits per heavy atom. The third-order valence-corrected chi connectivity index (χ3v) is 2.16.